The van der Waals surface area contributed by atoms with Crippen LogP contribution in [-0.4, -0.2) is 0 Å². The molecular formula is C11H15BrFN. The van der Waals surface area contributed by atoms with Crippen LogP contribution in [0.15, 0.2) is 22.7 Å². The van der Waals surface area contributed by atoms with Crippen LogP contribution in [0.3, 0.4) is 0 Å². The standard InChI is InChI=1S/C11H15BrFN/c1-2-3-4-11(14)9-6-5-8(12)7-10(9)13/h5-7,11H,2-4,14H2,1H3. The third kappa shape index (κ3) is 3.07. The SMILES string of the molecule is CCCCC(N)c1ccc(Br)cc1F. The predicted molar refractivity (Wildman–Crippen MR) is 60.6 cm³/mol. The predicted octanol–water partition coefficient (Wildman–Crippen LogP) is 3.78. The molecule has 0 radical (unpaired) electrons. The van der Waals surface area contributed by atoms with Crippen molar-refractivity contribution in [1.82, 2.24) is 0 Å². The lowest BCUT2D eigenvalue weighted by atomic mass is 10.0. The van der Waals surface area contributed by atoms with Crippen LogP contribution < -0.4 is 5.73 Å². The molecule has 3 heteroatoms. The maximum atomic E-state index is 13.4. The van der Waals surface area contributed by atoms with Crippen LogP contribution in [0.25, 0.3) is 0 Å². The molecule has 1 aromatic rings. The molecule has 0 aliphatic carbocycles. The van der Waals surface area contributed by atoms with Crippen LogP contribution in [-0.2, 0) is 0 Å². The molecule has 2 N–H and O–H groups in total. The average molecular weight is 260 g/mol. The van der Waals surface area contributed by atoms with Crippen molar-refractivity contribution in [3.05, 3.63) is 34.1 Å². The lowest BCUT2D eigenvalue weighted by Crippen LogP contribution is -2.11. The van der Waals surface area contributed by atoms with Crippen molar-refractivity contribution in [3.8, 4) is 0 Å². The molecule has 0 aromatic heterocycles. The van der Waals surface area contributed by atoms with Crippen molar-refractivity contribution >= 4 is 15.9 Å². The molecule has 78 valence electrons. The number of halogens is 2. The van der Waals surface area contributed by atoms with Crippen molar-refractivity contribution in [3.63, 3.8) is 0 Å². The van der Waals surface area contributed by atoms with Crippen molar-refractivity contribution in [2.45, 2.75) is 32.2 Å². The normalized spacial score (nSPS) is 12.9. The van der Waals surface area contributed by atoms with Gasteiger partial charge in [-0.25, -0.2) is 4.39 Å². The fourth-order valence-electron chi connectivity index (χ4n) is 1.38. The van der Waals surface area contributed by atoms with Gasteiger partial charge in [0.1, 0.15) is 5.82 Å². The highest BCUT2D eigenvalue weighted by molar-refractivity contribution is 9.10. The van der Waals surface area contributed by atoms with E-state index in [-0.39, 0.29) is 11.9 Å². The van der Waals surface area contributed by atoms with Crippen molar-refractivity contribution in [2.24, 2.45) is 5.73 Å². The van der Waals surface area contributed by atoms with Crippen LogP contribution >= 0.6 is 15.9 Å². The van der Waals surface area contributed by atoms with Gasteiger partial charge in [-0.3, -0.25) is 0 Å². The summed E-state index contributed by atoms with van der Waals surface area (Å²) in [5.74, 6) is -0.219. The molecule has 0 aliphatic rings. The summed E-state index contributed by atoms with van der Waals surface area (Å²) >= 11 is 3.22. The van der Waals surface area contributed by atoms with Crippen molar-refractivity contribution in [2.75, 3.05) is 0 Å². The molecule has 0 amide bonds. The summed E-state index contributed by atoms with van der Waals surface area (Å²) < 4.78 is 14.2. The highest BCUT2D eigenvalue weighted by Gasteiger charge is 2.10. The van der Waals surface area contributed by atoms with E-state index >= 15 is 0 Å². The van der Waals surface area contributed by atoms with Gasteiger partial charge in [0.05, 0.1) is 0 Å². The third-order valence-electron chi connectivity index (χ3n) is 2.23. The Kier molecular flexibility index (Phi) is 4.55. The Morgan fingerprint density at radius 3 is 2.79 bits per heavy atom. The molecule has 0 fully saturated rings. The van der Waals surface area contributed by atoms with Gasteiger partial charge in [-0.15, -0.1) is 0 Å². The Hall–Kier alpha value is -0.410. The first kappa shape index (κ1) is 11.7. The van der Waals surface area contributed by atoms with Crippen molar-refractivity contribution in [1.29, 1.82) is 0 Å². The van der Waals surface area contributed by atoms with Crippen LogP contribution in [0.2, 0.25) is 0 Å². The van der Waals surface area contributed by atoms with Crippen LogP contribution in [0.5, 0.6) is 0 Å². The molecule has 0 aliphatic heterocycles. The lowest BCUT2D eigenvalue weighted by Gasteiger charge is -2.12. The fraction of sp³-hybridized carbons (Fsp3) is 0.455. The number of hydrogen-bond acceptors (Lipinski definition) is 1. The molecule has 0 saturated heterocycles. The Labute approximate surface area is 92.6 Å². The maximum Gasteiger partial charge on any atom is 0.129 e. The first-order chi connectivity index (χ1) is 6.65. The molecule has 1 nitrogen and oxygen atoms in total. The van der Waals surface area contributed by atoms with Crippen LogP contribution in [0.4, 0.5) is 4.39 Å². The molecule has 1 atom stereocenters. The smallest absolute Gasteiger partial charge is 0.129 e. The minimum absolute atomic E-state index is 0.178. The molecular weight excluding hydrogens is 245 g/mol. The highest BCUT2D eigenvalue weighted by atomic mass is 79.9. The van der Waals surface area contributed by atoms with Gasteiger partial charge < -0.3 is 5.73 Å². The van der Waals surface area contributed by atoms with E-state index in [0.29, 0.717) is 5.56 Å². The molecule has 0 spiro atoms. The number of benzene rings is 1. The van der Waals surface area contributed by atoms with E-state index in [9.17, 15) is 4.39 Å². The second kappa shape index (κ2) is 5.47. The number of unbranched alkanes of at least 4 members (excludes halogenated alkanes) is 1. The van der Waals surface area contributed by atoms with Gasteiger partial charge >= 0.3 is 0 Å². The lowest BCUT2D eigenvalue weighted by molar-refractivity contribution is 0.547. The largest absolute Gasteiger partial charge is 0.324 e. The van der Waals surface area contributed by atoms with Gasteiger partial charge in [0.2, 0.25) is 0 Å². The Morgan fingerprint density at radius 2 is 2.21 bits per heavy atom. The van der Waals surface area contributed by atoms with Crippen LogP contribution in [0, 0.1) is 5.82 Å². The molecule has 14 heavy (non-hydrogen) atoms. The topological polar surface area (TPSA) is 26.0 Å². The first-order valence-corrected chi connectivity index (χ1v) is 5.65. The van der Waals surface area contributed by atoms with E-state index in [1.54, 1.807) is 6.07 Å². The second-order valence-electron chi connectivity index (χ2n) is 3.41. The van der Waals surface area contributed by atoms with Gasteiger partial charge in [-0.05, 0) is 18.6 Å². The second-order valence-corrected chi connectivity index (χ2v) is 4.33. The summed E-state index contributed by atoms with van der Waals surface area (Å²) in [6, 6.07) is 4.86. The molecule has 1 aromatic carbocycles. The fourth-order valence-corrected chi connectivity index (χ4v) is 1.71. The minimum atomic E-state index is -0.219. The van der Waals surface area contributed by atoms with E-state index in [0.717, 1.165) is 23.7 Å². The number of rotatable bonds is 4. The van der Waals surface area contributed by atoms with Crippen molar-refractivity contribution < 1.29 is 4.39 Å². The van der Waals surface area contributed by atoms with E-state index < -0.39 is 0 Å². The zero-order valence-electron chi connectivity index (χ0n) is 8.26. The van der Waals surface area contributed by atoms with Gasteiger partial charge in [0.25, 0.3) is 0 Å². The Bertz CT molecular complexity index is 301. The first-order valence-electron chi connectivity index (χ1n) is 4.85. The summed E-state index contributed by atoms with van der Waals surface area (Å²) in [6.07, 6.45) is 2.97. The van der Waals surface area contributed by atoms with Gasteiger partial charge in [-0.1, -0.05) is 41.8 Å². The summed E-state index contributed by atoms with van der Waals surface area (Å²) in [4.78, 5) is 0. The summed E-state index contributed by atoms with van der Waals surface area (Å²) in [5.41, 5.74) is 6.49. The summed E-state index contributed by atoms with van der Waals surface area (Å²) in [7, 11) is 0. The maximum absolute atomic E-state index is 13.4. The molecule has 0 heterocycles. The summed E-state index contributed by atoms with van der Waals surface area (Å²) in [5, 5.41) is 0. The van der Waals surface area contributed by atoms with Gasteiger partial charge in [0.15, 0.2) is 0 Å². The number of nitrogens with two attached hydrogens (primary N) is 1. The third-order valence-corrected chi connectivity index (χ3v) is 2.72. The monoisotopic (exact) mass is 259 g/mol. The summed E-state index contributed by atoms with van der Waals surface area (Å²) in [6.45, 7) is 2.10. The molecule has 1 unspecified atom stereocenters. The van der Waals surface area contributed by atoms with E-state index in [1.165, 1.54) is 6.07 Å². The van der Waals surface area contributed by atoms with E-state index in [2.05, 4.69) is 22.9 Å². The van der Waals surface area contributed by atoms with E-state index in [4.69, 9.17) is 5.73 Å². The number of hydrogen-bond donors (Lipinski definition) is 1. The average Bonchev–Trinajstić information content (AvgIpc) is 2.14. The molecule has 0 saturated carbocycles. The zero-order valence-corrected chi connectivity index (χ0v) is 9.85. The van der Waals surface area contributed by atoms with Gasteiger partial charge in [-0.2, -0.15) is 0 Å². The minimum Gasteiger partial charge on any atom is -0.324 e. The molecule has 0 bridgehead atoms. The molecule has 1 rings (SSSR count). The van der Waals surface area contributed by atoms with Gasteiger partial charge in [0, 0.05) is 16.1 Å². The van der Waals surface area contributed by atoms with Crippen LogP contribution in [0.1, 0.15) is 37.8 Å². The Morgan fingerprint density at radius 1 is 1.50 bits per heavy atom. The highest BCUT2D eigenvalue weighted by Crippen LogP contribution is 2.22. The Balaban J connectivity index is 2.74. The zero-order chi connectivity index (χ0) is 10.6. The van der Waals surface area contributed by atoms with E-state index in [1.807, 2.05) is 6.07 Å². The quantitative estimate of drug-likeness (QED) is 0.875.